The molecule has 3 N–H and O–H groups in total. The van der Waals surface area contributed by atoms with Gasteiger partial charge in [0, 0.05) is 0 Å². The summed E-state index contributed by atoms with van der Waals surface area (Å²) in [5.74, 6) is 0. The molecule has 3 heteroatoms. The Morgan fingerprint density at radius 3 is 1.70 bits per heavy atom. The minimum Gasteiger partial charge on any atom is -0.424 e. The van der Waals surface area contributed by atoms with E-state index >= 15 is 0 Å². The fourth-order valence-electron chi connectivity index (χ4n) is 4.31. The highest BCUT2D eigenvalue weighted by Crippen LogP contribution is 2.40. The van der Waals surface area contributed by atoms with Crippen LogP contribution in [0.25, 0.3) is 0 Å². The smallest absolute Gasteiger partial charge is 0.258 e. The Balaban J connectivity index is 1.89. The van der Waals surface area contributed by atoms with Gasteiger partial charge < -0.3 is 10.5 Å². The van der Waals surface area contributed by atoms with E-state index < -0.39 is 8.32 Å². The van der Waals surface area contributed by atoms with E-state index in [-0.39, 0.29) is 5.04 Å². The molecule has 2 rings (SSSR count). The Morgan fingerprint density at radius 2 is 1.20 bits per heavy atom. The van der Waals surface area contributed by atoms with Crippen LogP contribution in [0.2, 0.25) is 5.04 Å². The summed E-state index contributed by atoms with van der Waals surface area (Å²) in [7, 11) is -2.85. The molecule has 0 bridgehead atoms. The normalized spacial score (nSPS) is 12.5. The number of hydrogen-bond donors (Lipinski definition) is 2. The van der Waals surface area contributed by atoms with Gasteiger partial charge in [-0.2, -0.15) is 0 Å². The molecule has 0 aliphatic heterocycles. The molecular formula is C27H41NOSi. The average Bonchev–Trinajstić information content (AvgIpc) is 2.78. The van der Waals surface area contributed by atoms with Crippen molar-refractivity contribution in [2.45, 2.75) is 76.7 Å². The third kappa shape index (κ3) is 6.94. The Morgan fingerprint density at radius 1 is 0.733 bits per heavy atom. The maximum Gasteiger partial charge on any atom is 0.258 e. The summed E-state index contributed by atoms with van der Waals surface area (Å²) in [5.41, 5.74) is 5.52. The number of allylic oxidation sites excluding steroid dienone is 2. The van der Waals surface area contributed by atoms with Gasteiger partial charge in [-0.05, 0) is 60.5 Å². The molecule has 0 aliphatic carbocycles. The van der Waals surface area contributed by atoms with E-state index in [1.807, 2.05) is 12.1 Å². The zero-order valence-corrected chi connectivity index (χ0v) is 20.0. The Bertz CT molecular complexity index is 688. The quantitative estimate of drug-likeness (QED) is 0.238. The maximum atomic E-state index is 12.2. The minimum absolute atomic E-state index is 0.126. The van der Waals surface area contributed by atoms with Gasteiger partial charge >= 0.3 is 0 Å². The van der Waals surface area contributed by atoms with Crippen molar-refractivity contribution in [1.82, 2.24) is 0 Å². The van der Waals surface area contributed by atoms with Crippen LogP contribution in [0.1, 0.15) is 71.6 Å². The zero-order chi connectivity index (χ0) is 21.7. The molecule has 0 unspecified atom stereocenters. The summed E-state index contributed by atoms with van der Waals surface area (Å²) in [5, 5.41) is 2.10. The van der Waals surface area contributed by atoms with Crippen LogP contribution in [0, 0.1) is 0 Å². The lowest BCUT2D eigenvalue weighted by Gasteiger charge is -2.41. The van der Waals surface area contributed by atoms with Crippen LogP contribution in [0.4, 0.5) is 0 Å². The molecule has 30 heavy (non-hydrogen) atoms. The van der Waals surface area contributed by atoms with E-state index in [0.29, 0.717) is 0 Å². The predicted octanol–water partition coefficient (Wildman–Crippen LogP) is 5.54. The van der Waals surface area contributed by atoms with Crippen molar-refractivity contribution < 1.29 is 4.80 Å². The fourth-order valence-corrected chi connectivity index (χ4v) is 8.10. The van der Waals surface area contributed by atoms with E-state index in [4.69, 9.17) is 5.73 Å². The highest BCUT2D eigenvalue weighted by atomic mass is 28.4. The lowest BCUT2D eigenvalue weighted by atomic mass is 10.0. The number of nitrogens with two attached hydrogens (primary N) is 1. The Kier molecular flexibility index (Phi) is 10.6. The first kappa shape index (κ1) is 24.6. The van der Waals surface area contributed by atoms with Gasteiger partial charge in [0.05, 0.1) is 0 Å². The van der Waals surface area contributed by atoms with Crippen LogP contribution >= 0.6 is 0 Å². The topological polar surface area (TPSA) is 46.2 Å². The molecule has 2 aromatic rings. The first-order valence-electron chi connectivity index (χ1n) is 11.7. The highest BCUT2D eigenvalue weighted by molar-refractivity contribution is 6.98. The second-order valence-electron chi connectivity index (χ2n) is 9.04. The lowest BCUT2D eigenvalue weighted by molar-refractivity contribution is 0.447. The standard InChI is InChI=1S/C27H41NOSi/c1-27(2,23-17-9-7-5-3-4-6-8-10-18-24-28)30(29,25-19-13-11-14-20-25)26-21-15-12-16-22-26/h4,6,11-16,19-22,29H,3,5,7-10,17-18,23-24,28H2,1-2H3/b6-4-. The van der Waals surface area contributed by atoms with Crippen molar-refractivity contribution in [3.63, 3.8) is 0 Å². The maximum absolute atomic E-state index is 12.2. The van der Waals surface area contributed by atoms with Gasteiger partial charge in [-0.25, -0.2) is 0 Å². The minimum atomic E-state index is -2.85. The monoisotopic (exact) mass is 423 g/mol. The summed E-state index contributed by atoms with van der Waals surface area (Å²) in [6, 6.07) is 20.7. The van der Waals surface area contributed by atoms with Crippen molar-refractivity contribution in [3.05, 3.63) is 72.8 Å². The van der Waals surface area contributed by atoms with Gasteiger partial charge in [0.2, 0.25) is 0 Å². The number of rotatable bonds is 14. The summed E-state index contributed by atoms with van der Waals surface area (Å²) in [6.07, 6.45) is 15.3. The van der Waals surface area contributed by atoms with Crippen LogP contribution in [-0.2, 0) is 0 Å². The molecular weight excluding hydrogens is 382 g/mol. The highest BCUT2D eigenvalue weighted by Gasteiger charge is 2.49. The van der Waals surface area contributed by atoms with Crippen LogP contribution < -0.4 is 16.1 Å². The molecule has 0 heterocycles. The van der Waals surface area contributed by atoms with Crippen molar-refractivity contribution >= 4 is 18.7 Å². The molecule has 2 nitrogen and oxygen atoms in total. The van der Waals surface area contributed by atoms with E-state index in [0.717, 1.165) is 36.2 Å². The van der Waals surface area contributed by atoms with Gasteiger partial charge in [0.15, 0.2) is 0 Å². The van der Waals surface area contributed by atoms with Crippen LogP contribution in [0.5, 0.6) is 0 Å². The molecule has 0 aromatic heterocycles. The molecule has 0 atom stereocenters. The largest absolute Gasteiger partial charge is 0.424 e. The lowest BCUT2D eigenvalue weighted by Crippen LogP contribution is -2.65. The van der Waals surface area contributed by atoms with Crippen molar-refractivity contribution in [3.8, 4) is 0 Å². The van der Waals surface area contributed by atoms with Gasteiger partial charge in [-0.3, -0.25) is 0 Å². The van der Waals surface area contributed by atoms with Crippen LogP contribution in [0.3, 0.4) is 0 Å². The van der Waals surface area contributed by atoms with E-state index in [9.17, 15) is 4.80 Å². The Labute approximate surface area is 185 Å². The molecule has 0 amide bonds. The van der Waals surface area contributed by atoms with Gasteiger partial charge in [0.25, 0.3) is 8.32 Å². The molecule has 2 aromatic carbocycles. The summed E-state index contributed by atoms with van der Waals surface area (Å²) < 4.78 is 0. The number of unbranched alkanes of at least 4 members (excludes halogenated alkanes) is 6. The molecule has 0 spiro atoms. The zero-order valence-electron chi connectivity index (χ0n) is 19.0. The van der Waals surface area contributed by atoms with Gasteiger partial charge in [-0.1, -0.05) is 106 Å². The third-order valence-electron chi connectivity index (χ3n) is 6.28. The summed E-state index contributed by atoms with van der Waals surface area (Å²) in [4.78, 5) is 12.2. The SMILES string of the molecule is CC(C)(CCCCCC/C=C\CCCCN)[Si](O)(c1ccccc1)c1ccccc1. The molecule has 0 fully saturated rings. The van der Waals surface area contributed by atoms with Crippen LogP contribution in [0.15, 0.2) is 72.8 Å². The number of benzene rings is 2. The average molecular weight is 424 g/mol. The van der Waals surface area contributed by atoms with Crippen LogP contribution in [-0.4, -0.2) is 19.7 Å². The molecule has 0 aliphatic rings. The second-order valence-corrected chi connectivity index (χ2v) is 13.0. The van der Waals surface area contributed by atoms with E-state index in [2.05, 4.69) is 74.5 Å². The first-order chi connectivity index (χ1) is 14.5. The van der Waals surface area contributed by atoms with Gasteiger partial charge in [0.1, 0.15) is 0 Å². The van der Waals surface area contributed by atoms with Gasteiger partial charge in [-0.15, -0.1) is 0 Å². The summed E-state index contributed by atoms with van der Waals surface area (Å²) >= 11 is 0. The van der Waals surface area contributed by atoms with Crippen molar-refractivity contribution in [2.24, 2.45) is 5.73 Å². The molecule has 164 valence electrons. The Hall–Kier alpha value is -1.68. The second kappa shape index (κ2) is 12.9. The number of hydrogen-bond acceptors (Lipinski definition) is 2. The van der Waals surface area contributed by atoms with E-state index in [1.165, 1.54) is 38.5 Å². The predicted molar refractivity (Wildman–Crippen MR) is 134 cm³/mol. The van der Waals surface area contributed by atoms with Crippen molar-refractivity contribution in [1.29, 1.82) is 0 Å². The van der Waals surface area contributed by atoms with E-state index in [1.54, 1.807) is 0 Å². The summed E-state index contributed by atoms with van der Waals surface area (Å²) in [6.45, 7) is 5.34. The molecule has 0 saturated heterocycles. The third-order valence-corrected chi connectivity index (χ3v) is 10.8. The fraction of sp³-hybridized carbons (Fsp3) is 0.481. The van der Waals surface area contributed by atoms with Crippen molar-refractivity contribution in [2.75, 3.05) is 6.54 Å². The first-order valence-corrected chi connectivity index (χ1v) is 13.7. The molecule has 0 saturated carbocycles. The molecule has 0 radical (unpaired) electrons.